The lowest BCUT2D eigenvalue weighted by molar-refractivity contribution is -0.126. The number of carbonyl (C=O) groups excluding carboxylic acids is 4. The van der Waals surface area contributed by atoms with Crippen molar-refractivity contribution in [1.29, 1.82) is 0 Å². The van der Waals surface area contributed by atoms with E-state index in [0.717, 1.165) is 11.3 Å². The highest BCUT2D eigenvalue weighted by Gasteiger charge is 2.06. The van der Waals surface area contributed by atoms with Crippen molar-refractivity contribution < 1.29 is 24.3 Å². The van der Waals surface area contributed by atoms with Crippen molar-refractivity contribution in [3.8, 4) is 0 Å². The highest BCUT2D eigenvalue weighted by molar-refractivity contribution is 5.98. The van der Waals surface area contributed by atoms with E-state index in [1.807, 2.05) is 52.0 Å². The normalized spacial score (nSPS) is 8.83. The lowest BCUT2D eigenvalue weighted by Gasteiger charge is -2.05. The molecule has 0 spiro atoms. The number of rotatable bonds is 9. The van der Waals surface area contributed by atoms with Gasteiger partial charge in [0.1, 0.15) is 11.6 Å². The van der Waals surface area contributed by atoms with Crippen LogP contribution < -0.4 is 10.6 Å². The summed E-state index contributed by atoms with van der Waals surface area (Å²) in [6.45, 7) is 13.0. The monoisotopic (exact) mass is 424 g/mol. The van der Waals surface area contributed by atoms with Crippen LogP contribution in [0.1, 0.15) is 73.3 Å². The molecule has 0 fully saturated rings. The summed E-state index contributed by atoms with van der Waals surface area (Å²) >= 11 is 0. The van der Waals surface area contributed by atoms with E-state index in [-0.39, 0.29) is 36.5 Å². The number of benzene rings is 1. The van der Waals surface area contributed by atoms with Crippen LogP contribution in [-0.2, 0) is 25.6 Å². The van der Waals surface area contributed by atoms with Crippen molar-refractivity contribution in [3.63, 3.8) is 0 Å². The van der Waals surface area contributed by atoms with Crippen molar-refractivity contribution in [2.45, 2.75) is 80.2 Å². The third-order valence-corrected chi connectivity index (χ3v) is 3.10. The Morgan fingerprint density at radius 1 is 1.07 bits per heavy atom. The molecule has 0 radical (unpaired) electrons. The van der Waals surface area contributed by atoms with Crippen LogP contribution in [0.15, 0.2) is 24.3 Å². The van der Waals surface area contributed by atoms with Gasteiger partial charge in [0.25, 0.3) is 0 Å². The molecule has 2 amide bonds. The number of hydrogen-bond donors (Lipinski definition) is 3. The topological polar surface area (TPSA) is 113 Å². The minimum atomic E-state index is -0.0948. The van der Waals surface area contributed by atoms with E-state index in [1.54, 1.807) is 13.8 Å². The zero-order chi connectivity index (χ0) is 23.9. The fourth-order valence-electron chi connectivity index (χ4n) is 1.79. The summed E-state index contributed by atoms with van der Waals surface area (Å²) in [4.78, 5) is 42.9. The first-order valence-electron chi connectivity index (χ1n) is 10.4. The molecular formula is C23H40N2O5. The van der Waals surface area contributed by atoms with Gasteiger partial charge in [-0.2, -0.15) is 0 Å². The fourth-order valence-corrected chi connectivity index (χ4v) is 1.79. The molecule has 0 saturated heterocycles. The van der Waals surface area contributed by atoms with Gasteiger partial charge < -0.3 is 15.7 Å². The van der Waals surface area contributed by atoms with Gasteiger partial charge in [-0.15, -0.1) is 0 Å². The van der Waals surface area contributed by atoms with Crippen molar-refractivity contribution in [3.05, 3.63) is 29.8 Å². The van der Waals surface area contributed by atoms with Crippen LogP contribution in [0.5, 0.6) is 0 Å². The van der Waals surface area contributed by atoms with Crippen LogP contribution in [0.3, 0.4) is 0 Å². The molecule has 0 aromatic heterocycles. The molecule has 1 aromatic rings. The Balaban J connectivity index is -0.000000552. The smallest absolute Gasteiger partial charge is 0.224 e. The van der Waals surface area contributed by atoms with Crippen molar-refractivity contribution in [1.82, 2.24) is 5.32 Å². The summed E-state index contributed by atoms with van der Waals surface area (Å²) in [5.74, 6) is -0.150. The molecule has 0 aliphatic heterocycles. The number of aliphatic hydroxyl groups is 1. The number of carbonyl (C=O) groups is 4. The summed E-state index contributed by atoms with van der Waals surface area (Å²) in [6.07, 6.45) is 2.16. The van der Waals surface area contributed by atoms with Gasteiger partial charge in [-0.3, -0.25) is 19.2 Å². The number of aryl methyl sites for hydroxylation is 1. The first-order chi connectivity index (χ1) is 14.2. The van der Waals surface area contributed by atoms with Gasteiger partial charge in [-0.1, -0.05) is 32.9 Å². The molecule has 3 N–H and O–H groups in total. The van der Waals surface area contributed by atoms with E-state index < -0.39 is 0 Å². The Kier molecular flexibility index (Phi) is 24.4. The second kappa shape index (κ2) is 22.7. The van der Waals surface area contributed by atoms with Gasteiger partial charge in [-0.05, 0) is 51.8 Å². The van der Waals surface area contributed by atoms with E-state index in [9.17, 15) is 19.2 Å². The van der Waals surface area contributed by atoms with Crippen molar-refractivity contribution in [2.24, 2.45) is 0 Å². The van der Waals surface area contributed by atoms with Crippen LogP contribution in [-0.4, -0.2) is 41.6 Å². The number of amides is 2. The highest BCUT2D eigenvalue weighted by atomic mass is 16.2. The number of hydrogen-bond acceptors (Lipinski definition) is 5. The molecule has 172 valence electrons. The van der Waals surface area contributed by atoms with Gasteiger partial charge in [0.05, 0.1) is 6.42 Å². The van der Waals surface area contributed by atoms with E-state index >= 15 is 0 Å². The Morgan fingerprint density at radius 2 is 1.57 bits per heavy atom. The Morgan fingerprint density at radius 3 is 1.90 bits per heavy atom. The molecule has 0 bridgehead atoms. The molecule has 7 heteroatoms. The average Bonchev–Trinajstić information content (AvgIpc) is 2.69. The van der Waals surface area contributed by atoms with Crippen LogP contribution in [0, 0.1) is 0 Å². The molecule has 7 nitrogen and oxygen atoms in total. The molecule has 1 rings (SSSR count). The van der Waals surface area contributed by atoms with Crippen LogP contribution in [0.2, 0.25) is 0 Å². The summed E-state index contributed by atoms with van der Waals surface area (Å²) in [7, 11) is 0. The first kappa shape index (κ1) is 32.1. The largest absolute Gasteiger partial charge is 0.397 e. The molecule has 0 heterocycles. The van der Waals surface area contributed by atoms with Gasteiger partial charge in [0.15, 0.2) is 0 Å². The summed E-state index contributed by atoms with van der Waals surface area (Å²) in [6, 6.07) is 7.68. The Bertz CT molecular complexity index is 584. The summed E-state index contributed by atoms with van der Waals surface area (Å²) in [5.41, 5.74) is 1.78. The molecule has 0 saturated carbocycles. The summed E-state index contributed by atoms with van der Waals surface area (Å²) in [5, 5.41) is 12.9. The minimum Gasteiger partial charge on any atom is -0.397 e. The Hall–Kier alpha value is -2.54. The SMILES string of the molecule is CC.CC(C)NC=O.CCC(=O)Nc1ccc(CCC(=O)CC(C)=O)cc1.CCO. The van der Waals surface area contributed by atoms with Gasteiger partial charge in [-0.25, -0.2) is 0 Å². The lowest BCUT2D eigenvalue weighted by Crippen LogP contribution is -2.19. The zero-order valence-corrected chi connectivity index (χ0v) is 19.6. The fraction of sp³-hybridized carbons (Fsp3) is 0.565. The highest BCUT2D eigenvalue weighted by Crippen LogP contribution is 2.12. The van der Waals surface area contributed by atoms with Crippen LogP contribution in [0.25, 0.3) is 0 Å². The maximum atomic E-state index is 11.4. The third-order valence-electron chi connectivity index (χ3n) is 3.10. The second-order valence-corrected chi connectivity index (χ2v) is 6.27. The number of nitrogens with one attached hydrogen (secondary N) is 2. The molecule has 30 heavy (non-hydrogen) atoms. The van der Waals surface area contributed by atoms with Crippen LogP contribution >= 0.6 is 0 Å². The maximum absolute atomic E-state index is 11.4. The molecular weight excluding hydrogens is 384 g/mol. The standard InChI is InChI=1S/C15H19NO3.C4H9NO.C2H6O.C2H6/c1-3-15(19)16-13-7-4-12(5-8-13)6-9-14(18)10-11(2)17;1-4(2)5-3-6;1-2-3;1-2/h4-5,7-8H,3,6,9-10H2,1-2H3,(H,16,19);3-4H,1-2H3,(H,5,6);3H,2H2,1H3;1-2H3. The number of aliphatic hydroxyl groups excluding tert-OH is 1. The number of anilines is 1. The van der Waals surface area contributed by atoms with Gasteiger partial charge in [0.2, 0.25) is 12.3 Å². The number of Topliss-reactive ketones (excluding diaryl/α,β-unsaturated/α-hetero) is 2. The number of ketones is 2. The Labute approximate surface area is 181 Å². The van der Waals surface area contributed by atoms with E-state index in [1.165, 1.54) is 6.92 Å². The predicted octanol–water partition coefficient (Wildman–Crippen LogP) is 3.68. The molecule has 0 aliphatic carbocycles. The first-order valence-corrected chi connectivity index (χ1v) is 10.4. The minimum absolute atomic E-state index is 0.0185. The molecule has 1 aromatic carbocycles. The quantitative estimate of drug-likeness (QED) is 0.413. The van der Waals surface area contributed by atoms with Gasteiger partial charge in [0, 0.05) is 31.2 Å². The molecule has 0 atom stereocenters. The maximum Gasteiger partial charge on any atom is 0.224 e. The summed E-state index contributed by atoms with van der Waals surface area (Å²) < 4.78 is 0. The molecule has 0 aliphatic rings. The predicted molar refractivity (Wildman–Crippen MR) is 122 cm³/mol. The molecule has 0 unspecified atom stereocenters. The zero-order valence-electron chi connectivity index (χ0n) is 19.6. The van der Waals surface area contributed by atoms with Crippen molar-refractivity contribution >= 4 is 29.6 Å². The van der Waals surface area contributed by atoms with E-state index in [2.05, 4.69) is 10.6 Å². The third kappa shape index (κ3) is 23.5. The van der Waals surface area contributed by atoms with E-state index in [0.29, 0.717) is 25.7 Å². The lowest BCUT2D eigenvalue weighted by atomic mass is 10.0. The second-order valence-electron chi connectivity index (χ2n) is 6.27. The van der Waals surface area contributed by atoms with Crippen LogP contribution in [0.4, 0.5) is 5.69 Å². The van der Waals surface area contributed by atoms with Crippen molar-refractivity contribution in [2.75, 3.05) is 11.9 Å². The van der Waals surface area contributed by atoms with E-state index in [4.69, 9.17) is 5.11 Å². The average molecular weight is 425 g/mol. The van der Waals surface area contributed by atoms with Gasteiger partial charge >= 0.3 is 0 Å².